The number of phenolic OH excluding ortho intramolecular Hbond substituents is 1. The van der Waals surface area contributed by atoms with E-state index in [2.05, 4.69) is 0 Å². The number of benzene rings is 1. The molecular weight excluding hydrogens is 228 g/mol. The van der Waals surface area contributed by atoms with Gasteiger partial charge in [0, 0.05) is 19.6 Å². The summed E-state index contributed by atoms with van der Waals surface area (Å²) in [7, 11) is 1.83. The zero-order chi connectivity index (χ0) is 13.1. The Morgan fingerprint density at radius 3 is 2.56 bits per heavy atom. The lowest BCUT2D eigenvalue weighted by molar-refractivity contribution is -0.131. The van der Waals surface area contributed by atoms with E-state index in [1.54, 1.807) is 29.2 Å². The summed E-state index contributed by atoms with van der Waals surface area (Å²) in [6, 6.07) is 6.92. The van der Waals surface area contributed by atoms with E-state index in [1.165, 1.54) is 12.8 Å². The molecule has 0 aromatic heterocycles. The normalized spacial score (nSPS) is 16.3. The van der Waals surface area contributed by atoms with Crippen LogP contribution in [0.5, 0.6) is 5.75 Å². The summed E-state index contributed by atoms with van der Waals surface area (Å²) in [5.74, 6) is 0.893. The van der Waals surface area contributed by atoms with Crippen LogP contribution in [0.3, 0.4) is 0 Å². The molecule has 0 radical (unpaired) electrons. The zero-order valence-corrected chi connectivity index (χ0v) is 10.7. The molecule has 3 N–H and O–H groups in total. The number of hydrogen-bond acceptors (Lipinski definition) is 3. The topological polar surface area (TPSA) is 66.6 Å². The van der Waals surface area contributed by atoms with Crippen molar-refractivity contribution >= 4 is 5.91 Å². The number of nitrogens with zero attached hydrogens (tertiary/aromatic N) is 1. The maximum Gasteiger partial charge on any atom is 0.227 e. The minimum atomic E-state index is 0.0861. The van der Waals surface area contributed by atoms with Crippen molar-refractivity contribution in [3.8, 4) is 5.75 Å². The Labute approximate surface area is 107 Å². The highest BCUT2D eigenvalue weighted by Crippen LogP contribution is 2.34. The molecule has 1 saturated carbocycles. The first-order valence-corrected chi connectivity index (χ1v) is 6.35. The van der Waals surface area contributed by atoms with Crippen molar-refractivity contribution in [2.24, 2.45) is 11.7 Å². The molecule has 2 rings (SSSR count). The second-order valence-electron chi connectivity index (χ2n) is 4.99. The van der Waals surface area contributed by atoms with E-state index < -0.39 is 0 Å². The number of likely N-dealkylation sites (N-methyl/N-ethyl adjacent to an activating group) is 1. The van der Waals surface area contributed by atoms with E-state index in [0.717, 1.165) is 5.56 Å². The van der Waals surface area contributed by atoms with Crippen LogP contribution in [0.4, 0.5) is 0 Å². The highest BCUT2D eigenvalue weighted by atomic mass is 16.3. The number of carbonyl (C=O) groups is 1. The lowest BCUT2D eigenvalue weighted by Gasteiger charge is -2.27. The van der Waals surface area contributed by atoms with Gasteiger partial charge >= 0.3 is 0 Å². The SMILES string of the molecule is CN(C(=O)Cc1ccc(O)cc1)C(CN)C1CC1. The van der Waals surface area contributed by atoms with Crippen LogP contribution in [0, 0.1) is 5.92 Å². The number of amides is 1. The number of phenols is 1. The number of carbonyl (C=O) groups excluding carboxylic acids is 1. The predicted molar refractivity (Wildman–Crippen MR) is 70.1 cm³/mol. The lowest BCUT2D eigenvalue weighted by Crippen LogP contribution is -2.43. The fraction of sp³-hybridized carbons (Fsp3) is 0.500. The fourth-order valence-electron chi connectivity index (χ4n) is 2.25. The largest absolute Gasteiger partial charge is 0.508 e. The van der Waals surface area contributed by atoms with Gasteiger partial charge in [-0.2, -0.15) is 0 Å². The van der Waals surface area contributed by atoms with E-state index in [4.69, 9.17) is 5.73 Å². The molecule has 4 heteroatoms. The molecule has 4 nitrogen and oxygen atoms in total. The van der Waals surface area contributed by atoms with Crippen LogP contribution in [0.15, 0.2) is 24.3 Å². The predicted octanol–water partition coefficient (Wildman–Crippen LogP) is 1.13. The number of aromatic hydroxyl groups is 1. The van der Waals surface area contributed by atoms with Crippen LogP contribution in [-0.4, -0.2) is 35.5 Å². The standard InChI is InChI=1S/C14H20N2O2/c1-16(13(9-15)11-4-5-11)14(18)8-10-2-6-12(17)7-3-10/h2-3,6-7,11,13,17H,4-5,8-9,15H2,1H3. The van der Waals surface area contributed by atoms with E-state index in [-0.39, 0.29) is 17.7 Å². The third-order valence-electron chi connectivity index (χ3n) is 3.59. The Morgan fingerprint density at radius 1 is 1.44 bits per heavy atom. The van der Waals surface area contributed by atoms with Crippen molar-refractivity contribution in [3.63, 3.8) is 0 Å². The van der Waals surface area contributed by atoms with Gasteiger partial charge in [-0.15, -0.1) is 0 Å². The highest BCUT2D eigenvalue weighted by molar-refractivity contribution is 5.79. The number of hydrogen-bond donors (Lipinski definition) is 2. The summed E-state index contributed by atoms with van der Waals surface area (Å²) in [4.78, 5) is 13.9. The van der Waals surface area contributed by atoms with Crippen molar-refractivity contribution in [3.05, 3.63) is 29.8 Å². The summed E-state index contributed by atoms with van der Waals surface area (Å²) < 4.78 is 0. The summed E-state index contributed by atoms with van der Waals surface area (Å²) in [6.45, 7) is 0.530. The van der Waals surface area contributed by atoms with Gasteiger partial charge in [-0.25, -0.2) is 0 Å². The molecule has 1 amide bonds. The summed E-state index contributed by atoms with van der Waals surface area (Å²) in [5.41, 5.74) is 6.65. The summed E-state index contributed by atoms with van der Waals surface area (Å²) in [5, 5.41) is 9.20. The Bertz CT molecular complexity index is 412. The van der Waals surface area contributed by atoms with Gasteiger partial charge in [-0.3, -0.25) is 4.79 Å². The highest BCUT2D eigenvalue weighted by Gasteiger charge is 2.34. The van der Waals surface area contributed by atoms with E-state index in [0.29, 0.717) is 18.9 Å². The molecule has 1 atom stereocenters. The molecule has 98 valence electrons. The number of nitrogens with two attached hydrogens (primary N) is 1. The van der Waals surface area contributed by atoms with Crippen LogP contribution in [0.2, 0.25) is 0 Å². The first-order valence-electron chi connectivity index (χ1n) is 6.35. The molecule has 0 spiro atoms. The molecule has 1 aliphatic rings. The molecule has 18 heavy (non-hydrogen) atoms. The molecule has 1 fully saturated rings. The second-order valence-corrected chi connectivity index (χ2v) is 4.99. The Morgan fingerprint density at radius 2 is 2.06 bits per heavy atom. The van der Waals surface area contributed by atoms with Gasteiger partial charge in [-0.1, -0.05) is 12.1 Å². The summed E-state index contributed by atoms with van der Waals surface area (Å²) >= 11 is 0. The molecule has 1 unspecified atom stereocenters. The van der Waals surface area contributed by atoms with E-state index in [9.17, 15) is 9.90 Å². The monoisotopic (exact) mass is 248 g/mol. The molecule has 0 bridgehead atoms. The molecule has 0 saturated heterocycles. The third-order valence-corrected chi connectivity index (χ3v) is 3.59. The third kappa shape index (κ3) is 3.01. The lowest BCUT2D eigenvalue weighted by atomic mass is 10.1. The molecular formula is C14H20N2O2. The van der Waals surface area contributed by atoms with Crippen molar-refractivity contribution in [2.45, 2.75) is 25.3 Å². The van der Waals surface area contributed by atoms with Crippen LogP contribution in [0.1, 0.15) is 18.4 Å². The van der Waals surface area contributed by atoms with Crippen molar-refractivity contribution in [1.82, 2.24) is 4.90 Å². The van der Waals surface area contributed by atoms with Gasteiger partial charge in [0.2, 0.25) is 5.91 Å². The van der Waals surface area contributed by atoms with Gasteiger partial charge < -0.3 is 15.7 Å². The smallest absolute Gasteiger partial charge is 0.227 e. The fourth-order valence-corrected chi connectivity index (χ4v) is 2.25. The Balaban J connectivity index is 1.96. The van der Waals surface area contributed by atoms with Gasteiger partial charge in [0.15, 0.2) is 0 Å². The van der Waals surface area contributed by atoms with Crippen LogP contribution >= 0.6 is 0 Å². The molecule has 1 aliphatic carbocycles. The van der Waals surface area contributed by atoms with Gasteiger partial charge in [-0.05, 0) is 36.5 Å². The minimum Gasteiger partial charge on any atom is -0.508 e. The Kier molecular flexibility index (Phi) is 3.87. The van der Waals surface area contributed by atoms with Crippen molar-refractivity contribution in [1.29, 1.82) is 0 Å². The van der Waals surface area contributed by atoms with Crippen molar-refractivity contribution < 1.29 is 9.90 Å². The maximum atomic E-state index is 12.1. The quantitative estimate of drug-likeness (QED) is 0.821. The average Bonchev–Trinajstić information content (AvgIpc) is 3.17. The van der Waals surface area contributed by atoms with E-state index >= 15 is 0 Å². The second kappa shape index (κ2) is 5.40. The van der Waals surface area contributed by atoms with Crippen LogP contribution in [0.25, 0.3) is 0 Å². The van der Waals surface area contributed by atoms with Crippen LogP contribution < -0.4 is 5.73 Å². The van der Waals surface area contributed by atoms with Crippen molar-refractivity contribution in [2.75, 3.05) is 13.6 Å². The molecule has 0 heterocycles. The average molecular weight is 248 g/mol. The zero-order valence-electron chi connectivity index (χ0n) is 10.7. The van der Waals surface area contributed by atoms with Crippen LogP contribution in [-0.2, 0) is 11.2 Å². The van der Waals surface area contributed by atoms with Gasteiger partial charge in [0.1, 0.15) is 5.75 Å². The van der Waals surface area contributed by atoms with Gasteiger partial charge in [0.05, 0.1) is 6.42 Å². The summed E-state index contributed by atoms with van der Waals surface area (Å²) in [6.07, 6.45) is 2.72. The minimum absolute atomic E-state index is 0.0861. The maximum absolute atomic E-state index is 12.1. The van der Waals surface area contributed by atoms with E-state index in [1.807, 2.05) is 7.05 Å². The molecule has 1 aromatic carbocycles. The Hall–Kier alpha value is -1.55. The molecule has 1 aromatic rings. The first-order chi connectivity index (χ1) is 8.61. The first kappa shape index (κ1) is 12.9. The molecule has 0 aliphatic heterocycles. The number of rotatable bonds is 5. The van der Waals surface area contributed by atoms with Gasteiger partial charge in [0.25, 0.3) is 0 Å².